The first-order valence-electron chi connectivity index (χ1n) is 6.77. The first kappa shape index (κ1) is 14.5. The Morgan fingerprint density at radius 2 is 1.95 bits per heavy atom. The molecule has 108 valence electrons. The summed E-state index contributed by atoms with van der Waals surface area (Å²) in [6, 6.07) is 7.74. The van der Waals surface area contributed by atoms with Crippen molar-refractivity contribution in [2.24, 2.45) is 5.92 Å². The molecule has 1 aromatic carbocycles. The summed E-state index contributed by atoms with van der Waals surface area (Å²) >= 11 is 0. The maximum Gasteiger partial charge on any atom is 0.326 e. The van der Waals surface area contributed by atoms with Crippen LogP contribution in [0.5, 0.6) is 0 Å². The van der Waals surface area contributed by atoms with Gasteiger partial charge in [0.15, 0.2) is 6.10 Å². The van der Waals surface area contributed by atoms with E-state index < -0.39 is 24.0 Å². The maximum absolute atomic E-state index is 12.3. The maximum atomic E-state index is 12.3. The fourth-order valence-corrected chi connectivity index (χ4v) is 2.57. The number of nitrogens with zero attached hydrogens (tertiary/aromatic N) is 1. The Morgan fingerprint density at radius 3 is 2.55 bits per heavy atom. The summed E-state index contributed by atoms with van der Waals surface area (Å²) < 4.78 is 0. The molecule has 2 rings (SSSR count). The van der Waals surface area contributed by atoms with Crippen LogP contribution in [-0.4, -0.2) is 39.6 Å². The van der Waals surface area contributed by atoms with Crippen LogP contribution in [0.25, 0.3) is 0 Å². The van der Waals surface area contributed by atoms with E-state index in [4.69, 9.17) is 0 Å². The number of hydrogen-bond acceptors (Lipinski definition) is 3. The number of likely N-dealkylation sites (tertiary alicyclic amines) is 1. The molecule has 0 aromatic heterocycles. The number of aliphatic hydroxyl groups is 1. The SMILES string of the molecule is CC1CCN(C(=O)C(O)c2ccccc2)C(C(=O)O)C1. The van der Waals surface area contributed by atoms with Gasteiger partial charge in [-0.05, 0) is 24.3 Å². The molecule has 1 aliphatic rings. The minimum Gasteiger partial charge on any atom is -0.480 e. The summed E-state index contributed by atoms with van der Waals surface area (Å²) in [5, 5.41) is 19.4. The quantitative estimate of drug-likeness (QED) is 0.876. The molecule has 0 spiro atoms. The molecule has 0 bridgehead atoms. The molecular formula is C15H19NO4. The van der Waals surface area contributed by atoms with E-state index in [0.29, 0.717) is 18.5 Å². The number of carboxylic acids is 1. The Balaban J connectivity index is 2.16. The molecule has 1 heterocycles. The fraction of sp³-hybridized carbons (Fsp3) is 0.467. The van der Waals surface area contributed by atoms with Gasteiger partial charge in [-0.2, -0.15) is 0 Å². The Labute approximate surface area is 117 Å². The highest BCUT2D eigenvalue weighted by Crippen LogP contribution is 2.26. The van der Waals surface area contributed by atoms with Gasteiger partial charge < -0.3 is 15.1 Å². The summed E-state index contributed by atoms with van der Waals surface area (Å²) in [7, 11) is 0. The minimum atomic E-state index is -1.30. The zero-order chi connectivity index (χ0) is 14.7. The fourth-order valence-electron chi connectivity index (χ4n) is 2.57. The van der Waals surface area contributed by atoms with E-state index >= 15 is 0 Å². The van der Waals surface area contributed by atoms with Crippen LogP contribution in [0.1, 0.15) is 31.4 Å². The van der Waals surface area contributed by atoms with Gasteiger partial charge >= 0.3 is 5.97 Å². The number of carbonyl (C=O) groups is 2. The summed E-state index contributed by atoms with van der Waals surface area (Å²) in [5.41, 5.74) is 0.486. The van der Waals surface area contributed by atoms with Gasteiger partial charge in [-0.15, -0.1) is 0 Å². The topological polar surface area (TPSA) is 77.8 Å². The normalized spacial score (nSPS) is 24.2. The first-order chi connectivity index (χ1) is 9.50. The van der Waals surface area contributed by atoms with Gasteiger partial charge in [0.2, 0.25) is 0 Å². The third kappa shape index (κ3) is 2.99. The van der Waals surface area contributed by atoms with Crippen LogP contribution in [0.15, 0.2) is 30.3 Å². The zero-order valence-electron chi connectivity index (χ0n) is 11.4. The Kier molecular flexibility index (Phi) is 4.39. The Morgan fingerprint density at radius 1 is 1.30 bits per heavy atom. The number of carbonyl (C=O) groups excluding carboxylic acids is 1. The number of amides is 1. The van der Waals surface area contributed by atoms with Crippen LogP contribution in [0.3, 0.4) is 0 Å². The average molecular weight is 277 g/mol. The van der Waals surface area contributed by atoms with E-state index in [2.05, 4.69) is 0 Å². The van der Waals surface area contributed by atoms with E-state index in [9.17, 15) is 19.8 Å². The lowest BCUT2D eigenvalue weighted by Crippen LogP contribution is -2.51. The number of carboxylic acid groups (broad SMARTS) is 1. The van der Waals surface area contributed by atoms with Gasteiger partial charge in [0, 0.05) is 6.54 Å². The third-order valence-corrected chi connectivity index (χ3v) is 3.78. The van der Waals surface area contributed by atoms with E-state index in [1.165, 1.54) is 4.90 Å². The van der Waals surface area contributed by atoms with E-state index in [1.807, 2.05) is 6.92 Å². The standard InChI is InChI=1S/C15H19NO4/c1-10-7-8-16(12(9-10)15(19)20)14(18)13(17)11-5-3-2-4-6-11/h2-6,10,12-13,17H,7-9H2,1H3,(H,19,20). The lowest BCUT2D eigenvalue weighted by molar-refractivity contribution is -0.157. The van der Waals surface area contributed by atoms with Gasteiger partial charge in [0.1, 0.15) is 6.04 Å². The van der Waals surface area contributed by atoms with E-state index in [0.717, 1.165) is 6.42 Å². The Hall–Kier alpha value is -1.88. The van der Waals surface area contributed by atoms with E-state index in [-0.39, 0.29) is 5.92 Å². The Bertz CT molecular complexity index is 488. The second-order valence-corrected chi connectivity index (χ2v) is 5.33. The highest BCUT2D eigenvalue weighted by molar-refractivity contribution is 5.87. The molecule has 0 radical (unpaired) electrons. The van der Waals surface area contributed by atoms with Gasteiger partial charge in [0.05, 0.1) is 0 Å². The van der Waals surface area contributed by atoms with Crippen molar-refractivity contribution in [1.82, 2.24) is 4.90 Å². The van der Waals surface area contributed by atoms with Gasteiger partial charge in [0.25, 0.3) is 5.91 Å². The molecule has 2 N–H and O–H groups in total. The number of piperidine rings is 1. The monoisotopic (exact) mass is 277 g/mol. The predicted molar refractivity (Wildman–Crippen MR) is 72.9 cm³/mol. The van der Waals surface area contributed by atoms with Crippen molar-refractivity contribution in [2.75, 3.05) is 6.54 Å². The molecular weight excluding hydrogens is 258 g/mol. The molecule has 1 aliphatic heterocycles. The molecule has 5 heteroatoms. The van der Waals surface area contributed by atoms with Crippen molar-refractivity contribution in [3.63, 3.8) is 0 Å². The van der Waals surface area contributed by atoms with Gasteiger partial charge in [-0.3, -0.25) is 4.79 Å². The molecule has 0 saturated carbocycles. The van der Waals surface area contributed by atoms with Crippen molar-refractivity contribution in [2.45, 2.75) is 31.9 Å². The zero-order valence-corrected chi connectivity index (χ0v) is 11.4. The van der Waals surface area contributed by atoms with Crippen LogP contribution in [0.2, 0.25) is 0 Å². The van der Waals surface area contributed by atoms with Crippen LogP contribution >= 0.6 is 0 Å². The molecule has 20 heavy (non-hydrogen) atoms. The number of hydrogen-bond donors (Lipinski definition) is 2. The smallest absolute Gasteiger partial charge is 0.326 e. The second-order valence-electron chi connectivity index (χ2n) is 5.33. The largest absolute Gasteiger partial charge is 0.480 e. The van der Waals surface area contributed by atoms with Crippen LogP contribution in [-0.2, 0) is 9.59 Å². The van der Waals surface area contributed by atoms with Crippen LogP contribution in [0, 0.1) is 5.92 Å². The number of aliphatic hydroxyl groups excluding tert-OH is 1. The molecule has 3 atom stereocenters. The third-order valence-electron chi connectivity index (χ3n) is 3.78. The highest BCUT2D eigenvalue weighted by Gasteiger charge is 2.37. The molecule has 1 saturated heterocycles. The van der Waals surface area contributed by atoms with Crippen molar-refractivity contribution in [3.05, 3.63) is 35.9 Å². The lowest BCUT2D eigenvalue weighted by atomic mass is 9.91. The van der Waals surface area contributed by atoms with Crippen LogP contribution < -0.4 is 0 Å². The van der Waals surface area contributed by atoms with Crippen LogP contribution in [0.4, 0.5) is 0 Å². The number of rotatable bonds is 3. The molecule has 1 aromatic rings. The number of aliphatic carboxylic acids is 1. The minimum absolute atomic E-state index is 0.272. The number of benzene rings is 1. The van der Waals surface area contributed by atoms with Gasteiger partial charge in [-0.25, -0.2) is 4.79 Å². The molecule has 3 unspecified atom stereocenters. The van der Waals surface area contributed by atoms with Crippen molar-refractivity contribution in [3.8, 4) is 0 Å². The summed E-state index contributed by atoms with van der Waals surface area (Å²) in [4.78, 5) is 24.9. The highest BCUT2D eigenvalue weighted by atomic mass is 16.4. The molecule has 0 aliphatic carbocycles. The summed E-state index contributed by atoms with van der Waals surface area (Å²) in [6.45, 7) is 2.35. The summed E-state index contributed by atoms with van der Waals surface area (Å²) in [6.07, 6.45) is -0.106. The van der Waals surface area contributed by atoms with Crippen molar-refractivity contribution in [1.29, 1.82) is 0 Å². The summed E-state index contributed by atoms with van der Waals surface area (Å²) in [5.74, 6) is -1.27. The average Bonchev–Trinajstić information content (AvgIpc) is 2.46. The molecule has 5 nitrogen and oxygen atoms in total. The van der Waals surface area contributed by atoms with Gasteiger partial charge in [-0.1, -0.05) is 37.3 Å². The molecule has 1 fully saturated rings. The first-order valence-corrected chi connectivity index (χ1v) is 6.77. The van der Waals surface area contributed by atoms with E-state index in [1.54, 1.807) is 30.3 Å². The van der Waals surface area contributed by atoms with Crippen molar-refractivity contribution < 1.29 is 19.8 Å². The van der Waals surface area contributed by atoms with Crippen molar-refractivity contribution >= 4 is 11.9 Å². The predicted octanol–water partition coefficient (Wildman–Crippen LogP) is 1.43. The lowest BCUT2D eigenvalue weighted by Gasteiger charge is -2.37. The second kappa shape index (κ2) is 6.05. The molecule has 1 amide bonds.